The molecule has 2 N–H and O–H groups in total. The second-order valence-electron chi connectivity index (χ2n) is 9.10. The zero-order valence-electron chi connectivity index (χ0n) is 21.4. The molecule has 2 aromatic carbocycles. The lowest BCUT2D eigenvalue weighted by atomic mass is 10.1. The minimum absolute atomic E-state index is 0.0370. The van der Waals surface area contributed by atoms with Gasteiger partial charge in [-0.3, -0.25) is 9.59 Å². The quantitative estimate of drug-likeness (QED) is 0.203. The van der Waals surface area contributed by atoms with Crippen LogP contribution < -0.4 is 10.5 Å². The largest absolute Gasteiger partial charge is 0.489 e. The summed E-state index contributed by atoms with van der Waals surface area (Å²) < 4.78 is 17.0. The first-order valence-electron chi connectivity index (χ1n) is 12.2. The highest BCUT2D eigenvalue weighted by Gasteiger charge is 2.41. The van der Waals surface area contributed by atoms with Crippen molar-refractivity contribution in [2.24, 2.45) is 5.73 Å². The summed E-state index contributed by atoms with van der Waals surface area (Å²) in [5.41, 5.74) is 9.07. The fraction of sp³-hybridized carbons (Fsp3) is 0.345. The highest BCUT2D eigenvalue weighted by molar-refractivity contribution is 6.04. The molecule has 1 fully saturated rings. The van der Waals surface area contributed by atoms with Gasteiger partial charge in [0.25, 0.3) is 0 Å². The van der Waals surface area contributed by atoms with Crippen molar-refractivity contribution in [2.75, 3.05) is 13.2 Å². The number of nitrogens with zero attached hydrogens (tertiary/aromatic N) is 1. The maximum absolute atomic E-state index is 12.8. The van der Waals surface area contributed by atoms with Crippen LogP contribution in [0.1, 0.15) is 36.5 Å². The second-order valence-corrected chi connectivity index (χ2v) is 9.10. The van der Waals surface area contributed by atoms with Crippen LogP contribution in [0.25, 0.3) is 0 Å². The monoisotopic (exact) mass is 506 g/mol. The van der Waals surface area contributed by atoms with Crippen molar-refractivity contribution in [3.05, 3.63) is 89.6 Å². The summed E-state index contributed by atoms with van der Waals surface area (Å²) in [6.07, 6.45) is 2.18. The zero-order chi connectivity index (χ0) is 26.8. The van der Waals surface area contributed by atoms with E-state index >= 15 is 0 Å². The standard InChI is InChI=1S/C29H34N2O6/c1-4-13-35-29(34)27-16-26(17-31(27)28(33)15-24(32)14-21(3)30)37-19-23-9-11-25(12-10-23)36-18-22-7-5-20(2)6-8-22/h4-12,14,26-27H,1,13,15-19,30H2,2-3H3/b21-14-/t26-,27+/m1/s1. The summed E-state index contributed by atoms with van der Waals surface area (Å²) in [7, 11) is 0. The molecule has 0 unspecified atom stereocenters. The number of carbonyl (C=O) groups excluding carboxylic acids is 3. The average molecular weight is 507 g/mol. The molecular weight excluding hydrogens is 472 g/mol. The molecule has 37 heavy (non-hydrogen) atoms. The van der Waals surface area contributed by atoms with Gasteiger partial charge in [-0.25, -0.2) is 4.79 Å². The molecule has 1 aliphatic heterocycles. The Morgan fingerprint density at radius 3 is 2.35 bits per heavy atom. The Labute approximate surface area is 217 Å². The SMILES string of the molecule is C=CCOC(=O)[C@@H]1C[C@@H](OCc2ccc(OCc3ccc(C)cc3)cc2)CN1C(=O)CC(=O)/C=C(/C)N. The minimum atomic E-state index is -0.828. The summed E-state index contributed by atoms with van der Waals surface area (Å²) in [5, 5.41) is 0. The Bertz CT molecular complexity index is 1120. The zero-order valence-corrected chi connectivity index (χ0v) is 21.4. The van der Waals surface area contributed by atoms with E-state index in [1.165, 1.54) is 22.6 Å². The number of carbonyl (C=O) groups is 3. The summed E-state index contributed by atoms with van der Waals surface area (Å²) in [6.45, 7) is 8.16. The molecule has 1 saturated heterocycles. The van der Waals surface area contributed by atoms with Crippen molar-refractivity contribution in [2.45, 2.75) is 52.0 Å². The number of hydrogen-bond donors (Lipinski definition) is 1. The molecule has 1 heterocycles. The predicted molar refractivity (Wildman–Crippen MR) is 139 cm³/mol. The van der Waals surface area contributed by atoms with Gasteiger partial charge in [-0.1, -0.05) is 54.6 Å². The fourth-order valence-corrected chi connectivity index (χ4v) is 3.96. The van der Waals surface area contributed by atoms with Crippen LogP contribution in [0.3, 0.4) is 0 Å². The maximum Gasteiger partial charge on any atom is 0.329 e. The number of rotatable bonds is 12. The molecule has 1 aliphatic rings. The van der Waals surface area contributed by atoms with Crippen LogP contribution in [0.15, 0.2) is 73.0 Å². The molecule has 8 nitrogen and oxygen atoms in total. The fourth-order valence-electron chi connectivity index (χ4n) is 3.96. The molecule has 3 rings (SSSR count). The lowest BCUT2D eigenvalue weighted by Crippen LogP contribution is -2.42. The number of hydrogen-bond acceptors (Lipinski definition) is 7. The number of ketones is 1. The summed E-state index contributed by atoms with van der Waals surface area (Å²) in [5.74, 6) is -0.688. The Morgan fingerprint density at radius 2 is 1.70 bits per heavy atom. The minimum Gasteiger partial charge on any atom is -0.489 e. The summed E-state index contributed by atoms with van der Waals surface area (Å²) in [4.78, 5) is 38.8. The van der Waals surface area contributed by atoms with Gasteiger partial charge >= 0.3 is 5.97 Å². The third-order valence-electron chi connectivity index (χ3n) is 5.85. The molecule has 8 heteroatoms. The van der Waals surface area contributed by atoms with Crippen LogP contribution in [0.2, 0.25) is 0 Å². The molecule has 196 valence electrons. The lowest BCUT2D eigenvalue weighted by molar-refractivity contribution is -0.152. The van der Waals surface area contributed by atoms with E-state index in [1.54, 1.807) is 6.92 Å². The van der Waals surface area contributed by atoms with Gasteiger partial charge in [0.05, 0.1) is 19.1 Å². The van der Waals surface area contributed by atoms with Crippen LogP contribution in [0, 0.1) is 6.92 Å². The van der Waals surface area contributed by atoms with E-state index < -0.39 is 23.7 Å². The van der Waals surface area contributed by atoms with E-state index in [0.29, 0.717) is 18.9 Å². The van der Waals surface area contributed by atoms with E-state index in [1.807, 2.05) is 43.3 Å². The summed E-state index contributed by atoms with van der Waals surface area (Å²) in [6, 6.07) is 14.9. The second kappa shape index (κ2) is 13.4. The van der Waals surface area contributed by atoms with Gasteiger partial charge in [0.1, 0.15) is 25.0 Å². The Balaban J connectivity index is 1.56. The van der Waals surface area contributed by atoms with Gasteiger partial charge in [0, 0.05) is 24.7 Å². The first-order valence-corrected chi connectivity index (χ1v) is 12.2. The number of likely N-dealkylation sites (tertiary alicyclic amines) is 1. The van der Waals surface area contributed by atoms with Crippen molar-refractivity contribution >= 4 is 17.7 Å². The first kappa shape index (κ1) is 27.7. The molecular formula is C29H34N2O6. The predicted octanol–water partition coefficient (Wildman–Crippen LogP) is 3.61. The lowest BCUT2D eigenvalue weighted by Gasteiger charge is -2.22. The van der Waals surface area contributed by atoms with Gasteiger partial charge in [0.15, 0.2) is 5.78 Å². The highest BCUT2D eigenvalue weighted by atomic mass is 16.5. The number of esters is 1. The van der Waals surface area contributed by atoms with Gasteiger partial charge in [-0.2, -0.15) is 0 Å². The Hall–Kier alpha value is -3.91. The Kier molecular flexibility index (Phi) is 10.0. The molecule has 0 bridgehead atoms. The van der Waals surface area contributed by atoms with E-state index in [4.69, 9.17) is 19.9 Å². The van der Waals surface area contributed by atoms with Crippen molar-refractivity contribution in [1.29, 1.82) is 0 Å². The van der Waals surface area contributed by atoms with Gasteiger partial charge in [0.2, 0.25) is 5.91 Å². The molecule has 0 aliphatic carbocycles. The molecule has 2 aromatic rings. The number of allylic oxidation sites excluding steroid dienone is 2. The van der Waals surface area contributed by atoms with E-state index in [9.17, 15) is 14.4 Å². The van der Waals surface area contributed by atoms with Gasteiger partial charge < -0.3 is 24.8 Å². The number of nitrogens with two attached hydrogens (primary N) is 1. The highest BCUT2D eigenvalue weighted by Crippen LogP contribution is 2.24. The van der Waals surface area contributed by atoms with Crippen molar-refractivity contribution < 1.29 is 28.6 Å². The third kappa shape index (κ3) is 8.61. The topological polar surface area (TPSA) is 108 Å². The van der Waals surface area contributed by atoms with E-state index in [-0.39, 0.29) is 32.1 Å². The molecule has 2 atom stereocenters. The first-order chi connectivity index (χ1) is 17.7. The van der Waals surface area contributed by atoms with Crippen molar-refractivity contribution in [3.63, 3.8) is 0 Å². The van der Waals surface area contributed by atoms with E-state index in [0.717, 1.165) is 16.9 Å². The number of amides is 1. The van der Waals surface area contributed by atoms with Crippen LogP contribution in [0.4, 0.5) is 0 Å². The average Bonchev–Trinajstić information content (AvgIpc) is 3.30. The maximum atomic E-state index is 12.8. The third-order valence-corrected chi connectivity index (χ3v) is 5.85. The van der Waals surface area contributed by atoms with Crippen LogP contribution in [0.5, 0.6) is 5.75 Å². The molecule has 0 radical (unpaired) electrons. The number of aryl methyl sites for hydroxylation is 1. The molecule has 0 aromatic heterocycles. The summed E-state index contributed by atoms with van der Waals surface area (Å²) >= 11 is 0. The van der Waals surface area contributed by atoms with Crippen LogP contribution in [-0.4, -0.2) is 47.9 Å². The Morgan fingerprint density at radius 1 is 1.05 bits per heavy atom. The smallest absolute Gasteiger partial charge is 0.329 e. The van der Waals surface area contributed by atoms with Crippen LogP contribution in [-0.2, 0) is 37.1 Å². The van der Waals surface area contributed by atoms with Gasteiger partial charge in [-0.15, -0.1) is 0 Å². The van der Waals surface area contributed by atoms with Crippen molar-refractivity contribution in [3.8, 4) is 5.75 Å². The molecule has 0 saturated carbocycles. The van der Waals surface area contributed by atoms with Gasteiger partial charge in [-0.05, 0) is 37.1 Å². The number of ether oxygens (including phenoxy) is 3. The number of benzene rings is 2. The van der Waals surface area contributed by atoms with Crippen LogP contribution >= 0.6 is 0 Å². The molecule has 0 spiro atoms. The normalized spacial score (nSPS) is 17.4. The molecule has 1 amide bonds. The van der Waals surface area contributed by atoms with Crippen molar-refractivity contribution in [1.82, 2.24) is 4.90 Å². The van der Waals surface area contributed by atoms with E-state index in [2.05, 4.69) is 18.7 Å².